The van der Waals surface area contributed by atoms with Crippen LogP contribution in [-0.4, -0.2) is 133 Å². The Bertz CT molecular complexity index is 1870. The molecule has 350 valence electrons. The zero-order valence-corrected chi connectivity index (χ0v) is 37.0. The highest BCUT2D eigenvalue weighted by atomic mass is 16.7. The fourth-order valence-electron chi connectivity index (χ4n) is 13.6. The zero-order chi connectivity index (χ0) is 44.7. The molecule has 63 heavy (non-hydrogen) atoms. The molecule has 4 saturated carbocycles. The third-order valence-electron chi connectivity index (χ3n) is 17.2. The van der Waals surface area contributed by atoms with Gasteiger partial charge < -0.3 is 68.9 Å². The van der Waals surface area contributed by atoms with E-state index < -0.39 is 96.9 Å². The van der Waals surface area contributed by atoms with Crippen molar-refractivity contribution >= 4 is 12.0 Å². The minimum Gasteiger partial charge on any atom is -0.507 e. The van der Waals surface area contributed by atoms with Crippen LogP contribution in [0.3, 0.4) is 0 Å². The summed E-state index contributed by atoms with van der Waals surface area (Å²) >= 11 is 0. The van der Waals surface area contributed by atoms with Crippen LogP contribution in [0, 0.1) is 34.5 Å². The maximum Gasteiger partial charge on any atom is 0.336 e. The molecule has 9 rings (SSSR count). The second-order valence-corrected chi connectivity index (χ2v) is 20.6. The number of hydrogen-bond acceptors (Lipinski definition) is 15. The molecule has 0 bridgehead atoms. The molecule has 15 heteroatoms. The van der Waals surface area contributed by atoms with Gasteiger partial charge in [0.2, 0.25) is 0 Å². The van der Waals surface area contributed by atoms with Crippen molar-refractivity contribution in [2.75, 3.05) is 0 Å². The van der Waals surface area contributed by atoms with Crippen molar-refractivity contribution in [2.24, 2.45) is 34.5 Å². The molecule has 0 amide bonds. The van der Waals surface area contributed by atoms with E-state index in [0.717, 1.165) is 32.1 Å². The molecular formula is C48H68O15. The van der Waals surface area contributed by atoms with Gasteiger partial charge in [0.15, 0.2) is 18.9 Å². The SMILES string of the molecule is C[C@H]1OC(O[C@H]2[C@@H](O)CC(O[C@H]3[C@@H](O)CC(O[C@H]4CC[C@@]5(C)[C@H](CC[C@@H]6[C@@H]5C[C@@H](O)[C@]5(C)[C@@H](C7=CC(=O)O/C7=C\c7ccccc7O)CC[C@]65O)C4)O[C@@H]3C)O[C@@H]2C)C[C@H](O)[C@@H]1O. The van der Waals surface area contributed by atoms with Crippen LogP contribution in [0.2, 0.25) is 0 Å². The van der Waals surface area contributed by atoms with Crippen LogP contribution in [0.1, 0.15) is 111 Å². The molecule has 15 nitrogen and oxygen atoms in total. The molecule has 3 unspecified atom stereocenters. The van der Waals surface area contributed by atoms with Gasteiger partial charge in [-0.25, -0.2) is 4.79 Å². The van der Waals surface area contributed by atoms with Crippen LogP contribution in [0.25, 0.3) is 6.08 Å². The number of carbonyl (C=O) groups excluding carboxylic acids is 1. The summed E-state index contributed by atoms with van der Waals surface area (Å²) in [5, 5.41) is 78.2. The van der Waals surface area contributed by atoms with Crippen LogP contribution in [0.5, 0.6) is 5.75 Å². The number of fused-ring (bicyclic) bond motifs is 5. The lowest BCUT2D eigenvalue weighted by atomic mass is 9.42. The van der Waals surface area contributed by atoms with Gasteiger partial charge in [-0.05, 0) is 113 Å². The van der Waals surface area contributed by atoms with Crippen molar-refractivity contribution < 1.29 is 73.7 Å². The Hall–Kier alpha value is -2.51. The zero-order valence-electron chi connectivity index (χ0n) is 37.0. The fourth-order valence-corrected chi connectivity index (χ4v) is 13.6. The van der Waals surface area contributed by atoms with E-state index >= 15 is 0 Å². The predicted octanol–water partition coefficient (Wildman–Crippen LogP) is 3.96. The largest absolute Gasteiger partial charge is 0.507 e. The first-order chi connectivity index (χ1) is 29.9. The Morgan fingerprint density at radius 3 is 1.97 bits per heavy atom. The molecule has 8 aliphatic rings. The summed E-state index contributed by atoms with van der Waals surface area (Å²) in [6.45, 7) is 9.56. The smallest absolute Gasteiger partial charge is 0.336 e. The van der Waals surface area contributed by atoms with Gasteiger partial charge in [-0.2, -0.15) is 0 Å². The number of para-hydroxylation sites is 1. The number of esters is 1. The lowest BCUT2D eigenvalue weighted by molar-refractivity contribution is -0.336. The van der Waals surface area contributed by atoms with Gasteiger partial charge >= 0.3 is 5.97 Å². The molecule has 7 fully saturated rings. The molecule has 0 spiro atoms. The number of phenolic OH excluding ortho intramolecular Hbond substituents is 1. The van der Waals surface area contributed by atoms with E-state index in [9.17, 15) is 40.5 Å². The van der Waals surface area contributed by atoms with Crippen LogP contribution >= 0.6 is 0 Å². The van der Waals surface area contributed by atoms with E-state index in [0.29, 0.717) is 42.1 Å². The van der Waals surface area contributed by atoms with E-state index in [-0.39, 0.29) is 54.3 Å². The molecule has 0 aromatic heterocycles. The number of cyclic esters (lactones) is 1. The third-order valence-corrected chi connectivity index (χ3v) is 17.2. The molecule has 21 atom stereocenters. The van der Waals surface area contributed by atoms with Crippen LogP contribution in [0.15, 0.2) is 41.7 Å². The molecule has 1 aromatic carbocycles. The van der Waals surface area contributed by atoms with Crippen LogP contribution in [-0.2, 0) is 38.0 Å². The number of hydrogen-bond donors (Lipinski definition) is 7. The average Bonchev–Trinajstić information content (AvgIpc) is 3.73. The van der Waals surface area contributed by atoms with E-state index in [1.807, 2.05) is 13.8 Å². The second-order valence-electron chi connectivity index (χ2n) is 20.6. The summed E-state index contributed by atoms with van der Waals surface area (Å²) in [4.78, 5) is 12.7. The molecule has 1 aromatic rings. The molecule has 4 aliphatic heterocycles. The summed E-state index contributed by atoms with van der Waals surface area (Å²) in [7, 11) is 0. The lowest BCUT2D eigenvalue weighted by Crippen LogP contribution is -2.67. The first-order valence-electron chi connectivity index (χ1n) is 23.4. The summed E-state index contributed by atoms with van der Waals surface area (Å²) < 4.78 is 42.6. The number of allylic oxidation sites excluding steroid dienone is 1. The predicted molar refractivity (Wildman–Crippen MR) is 224 cm³/mol. The van der Waals surface area contributed by atoms with Crippen molar-refractivity contribution in [1.29, 1.82) is 0 Å². The molecule has 4 aliphatic carbocycles. The number of benzene rings is 1. The van der Waals surface area contributed by atoms with Gasteiger partial charge in [-0.15, -0.1) is 0 Å². The number of aliphatic hydroxyl groups is 6. The highest BCUT2D eigenvalue weighted by molar-refractivity contribution is 5.90. The minimum absolute atomic E-state index is 0.0251. The summed E-state index contributed by atoms with van der Waals surface area (Å²) in [5.74, 6) is -0.00251. The Balaban J connectivity index is 0.797. The van der Waals surface area contributed by atoms with Gasteiger partial charge in [0.1, 0.15) is 29.8 Å². The maximum absolute atomic E-state index is 12.9. The average molecular weight is 885 g/mol. The number of rotatable bonds is 8. The van der Waals surface area contributed by atoms with Crippen molar-refractivity contribution in [3.63, 3.8) is 0 Å². The highest BCUT2D eigenvalue weighted by Gasteiger charge is 2.71. The number of carbonyl (C=O) groups is 1. The monoisotopic (exact) mass is 884 g/mol. The van der Waals surface area contributed by atoms with Crippen LogP contribution < -0.4 is 0 Å². The van der Waals surface area contributed by atoms with Crippen molar-refractivity contribution in [1.82, 2.24) is 0 Å². The Labute approximate surface area is 369 Å². The Morgan fingerprint density at radius 2 is 1.33 bits per heavy atom. The molecule has 4 heterocycles. The molecule has 0 radical (unpaired) electrons. The van der Waals surface area contributed by atoms with Gasteiger partial charge in [0.25, 0.3) is 0 Å². The third kappa shape index (κ3) is 8.03. The first kappa shape index (κ1) is 45.6. The molecule has 7 N–H and O–H groups in total. The van der Waals surface area contributed by atoms with Gasteiger partial charge in [0.05, 0.1) is 54.4 Å². The van der Waals surface area contributed by atoms with Gasteiger partial charge in [-0.1, -0.05) is 32.0 Å². The Morgan fingerprint density at radius 1 is 0.714 bits per heavy atom. The van der Waals surface area contributed by atoms with Crippen LogP contribution in [0.4, 0.5) is 0 Å². The number of phenols is 1. The Kier molecular flexibility index (Phi) is 12.5. The highest BCUT2D eigenvalue weighted by Crippen LogP contribution is 2.70. The number of aromatic hydroxyl groups is 1. The maximum atomic E-state index is 12.9. The first-order valence-corrected chi connectivity index (χ1v) is 23.4. The van der Waals surface area contributed by atoms with Gasteiger partial charge in [0, 0.05) is 41.9 Å². The lowest BCUT2D eigenvalue weighted by Gasteiger charge is -2.65. The van der Waals surface area contributed by atoms with Crippen molar-refractivity contribution in [3.8, 4) is 5.75 Å². The minimum atomic E-state index is -1.15. The summed E-state index contributed by atoms with van der Waals surface area (Å²) in [6, 6.07) is 6.86. The second kappa shape index (κ2) is 17.3. The van der Waals surface area contributed by atoms with E-state index in [1.54, 1.807) is 44.2 Å². The van der Waals surface area contributed by atoms with Crippen molar-refractivity contribution in [3.05, 3.63) is 47.2 Å². The standard InChI is InChI=1S/C48H68O15/c1-23-43(55)34(50)20-41(57-23)62-45-25(3)59-42(22-36(45)52)63-44-24(2)58-40(21-35(44)51)60-28-12-14-46(4)27(17-28)10-11-31-32(46)19-38(53)47(5)30(13-15-48(31,47)56)29-18-39(54)61-37(29)16-26-8-6-7-9-33(26)49/h6-9,16,18,23-25,27-28,30-32,34-36,38,40-45,49-53,55-56H,10-15,17,19-22H2,1-5H3/b37-16-/t23-,24-,25-,27-,28+,30-,31-,32+,34+,35+,36+,38-,40?,41?,42?,43-,44-,45-,46+,47+,48+/m1/s1. The topological polar surface area (TPSA) is 223 Å². The van der Waals surface area contributed by atoms with E-state index in [2.05, 4.69) is 6.92 Å². The summed E-state index contributed by atoms with van der Waals surface area (Å²) in [5.41, 5.74) is -1.00. The summed E-state index contributed by atoms with van der Waals surface area (Å²) in [6.07, 6.45) is -0.944. The molecule has 3 saturated heterocycles. The van der Waals surface area contributed by atoms with Crippen molar-refractivity contribution in [2.45, 2.75) is 197 Å². The van der Waals surface area contributed by atoms with E-state index in [4.69, 9.17) is 33.2 Å². The molecular weight excluding hydrogens is 817 g/mol. The van der Waals surface area contributed by atoms with E-state index in [1.165, 1.54) is 6.08 Å². The van der Waals surface area contributed by atoms with Gasteiger partial charge in [-0.3, -0.25) is 0 Å². The fraction of sp³-hybridized carbons (Fsp3) is 0.771. The number of ether oxygens (including phenoxy) is 7. The number of aliphatic hydroxyl groups excluding tert-OH is 5. The normalized spacial score (nSPS) is 50.6. The quantitative estimate of drug-likeness (QED) is 0.145.